The van der Waals surface area contributed by atoms with Gasteiger partial charge >= 0.3 is 19.5 Å². The average Bonchev–Trinajstić information content (AvgIpc) is 2.16. The van der Waals surface area contributed by atoms with Crippen molar-refractivity contribution in [3.63, 3.8) is 0 Å². The number of carboxylic acids is 2. The first-order valence-electron chi connectivity index (χ1n) is 3.84. The Morgan fingerprint density at radius 1 is 0.938 bits per heavy atom. The van der Waals surface area contributed by atoms with Crippen molar-refractivity contribution >= 4 is 19.5 Å². The Labute approximate surface area is 88.5 Å². The molecule has 0 amide bonds. The summed E-state index contributed by atoms with van der Waals surface area (Å²) in [4.78, 5) is 20.9. The molecule has 86 valence electrons. The van der Waals surface area contributed by atoms with E-state index < -0.39 is 19.5 Å². The van der Waals surface area contributed by atoms with Crippen molar-refractivity contribution in [1.29, 1.82) is 0 Å². The molecule has 0 bridgehead atoms. The molecule has 1 aromatic carbocycles. The predicted octanol–water partition coefficient (Wildman–Crippen LogP) is 1.96. The van der Waals surface area contributed by atoms with Gasteiger partial charge in [0.05, 0.1) is 11.1 Å². The predicted molar refractivity (Wildman–Crippen MR) is 49.4 cm³/mol. The van der Waals surface area contributed by atoms with Crippen LogP contribution in [0.3, 0.4) is 0 Å². The molecule has 1 rings (SSSR count). The standard InChI is InChI=1S/C8H6O4.BF3/c9-7(10)5-3-1-2-4-6(5)8(11)12;2-1(3)4/h1-4H,(H,9,10)(H,11,12);. The van der Waals surface area contributed by atoms with Crippen LogP contribution in [0, 0.1) is 0 Å². The highest BCUT2D eigenvalue weighted by Gasteiger charge is 2.13. The zero-order valence-corrected chi connectivity index (χ0v) is 7.73. The molecular formula is C8H6BF3O4. The molecule has 0 aliphatic carbocycles. The Morgan fingerprint density at radius 2 is 1.19 bits per heavy atom. The zero-order chi connectivity index (χ0) is 12.7. The maximum Gasteiger partial charge on any atom is 0.762 e. The zero-order valence-electron chi connectivity index (χ0n) is 7.73. The smallest absolute Gasteiger partial charge is 0.478 e. The minimum absolute atomic E-state index is 0.190. The Balaban J connectivity index is 0.000000487. The molecular weight excluding hydrogens is 228 g/mol. The van der Waals surface area contributed by atoms with Gasteiger partial charge in [-0.05, 0) is 12.1 Å². The van der Waals surface area contributed by atoms with Gasteiger partial charge in [-0.25, -0.2) is 9.59 Å². The molecule has 0 aliphatic heterocycles. The SMILES string of the molecule is FB(F)F.O=C(O)c1ccccc1C(=O)O. The molecule has 2 N–H and O–H groups in total. The molecule has 0 saturated heterocycles. The first-order valence-corrected chi connectivity index (χ1v) is 3.84. The van der Waals surface area contributed by atoms with Crippen LogP contribution < -0.4 is 0 Å². The summed E-state index contributed by atoms with van der Waals surface area (Å²) < 4.78 is 29.0. The van der Waals surface area contributed by atoms with Gasteiger partial charge < -0.3 is 10.2 Å². The Bertz CT molecular complexity index is 348. The summed E-state index contributed by atoms with van der Waals surface area (Å²) >= 11 is 0. The molecule has 8 heteroatoms. The van der Waals surface area contributed by atoms with E-state index in [4.69, 9.17) is 10.2 Å². The highest BCUT2D eigenvalue weighted by Crippen LogP contribution is 2.07. The summed E-state index contributed by atoms with van der Waals surface area (Å²) in [5, 5.41) is 17.1. The molecule has 0 atom stereocenters. The first kappa shape index (κ1) is 14.0. The maximum atomic E-state index is 10.5. The summed E-state index contributed by atoms with van der Waals surface area (Å²) in [5.74, 6) is -2.46. The highest BCUT2D eigenvalue weighted by molar-refractivity contribution is 6.33. The fourth-order valence-corrected chi connectivity index (χ4v) is 0.856. The summed E-state index contributed by atoms with van der Waals surface area (Å²) in [6.07, 6.45) is 0. The molecule has 4 nitrogen and oxygen atoms in total. The fraction of sp³-hybridized carbons (Fsp3) is 0. The normalized spacial score (nSPS) is 8.69. The molecule has 0 radical (unpaired) electrons. The molecule has 0 aliphatic rings. The van der Waals surface area contributed by atoms with Gasteiger partial charge in [-0.15, -0.1) is 0 Å². The average molecular weight is 234 g/mol. The van der Waals surface area contributed by atoms with Gasteiger partial charge in [-0.1, -0.05) is 12.1 Å². The van der Waals surface area contributed by atoms with Crippen LogP contribution in [0.2, 0.25) is 0 Å². The van der Waals surface area contributed by atoms with E-state index in [1.54, 1.807) is 0 Å². The molecule has 1 aromatic rings. The van der Waals surface area contributed by atoms with E-state index in [0.717, 1.165) is 0 Å². The van der Waals surface area contributed by atoms with Crippen LogP contribution in [0.4, 0.5) is 12.9 Å². The van der Waals surface area contributed by atoms with Crippen molar-refractivity contribution < 1.29 is 32.7 Å². The molecule has 0 aromatic heterocycles. The second-order valence-electron chi connectivity index (χ2n) is 2.40. The minimum Gasteiger partial charge on any atom is -0.478 e. The third-order valence-corrected chi connectivity index (χ3v) is 1.39. The first-order chi connectivity index (χ1) is 7.36. The van der Waals surface area contributed by atoms with Gasteiger partial charge in [0, 0.05) is 0 Å². The number of carboxylic acid groups (broad SMARTS) is 2. The molecule has 16 heavy (non-hydrogen) atoms. The van der Waals surface area contributed by atoms with Gasteiger partial charge in [-0.3, -0.25) is 12.9 Å². The van der Waals surface area contributed by atoms with Crippen molar-refractivity contribution in [1.82, 2.24) is 0 Å². The quantitative estimate of drug-likeness (QED) is 0.767. The molecule has 0 saturated carbocycles. The number of halogens is 3. The Hall–Kier alpha value is -1.99. The van der Waals surface area contributed by atoms with Gasteiger partial charge in [-0.2, -0.15) is 0 Å². The molecule has 0 unspecified atom stereocenters. The van der Waals surface area contributed by atoms with E-state index >= 15 is 0 Å². The number of rotatable bonds is 2. The molecule has 0 spiro atoms. The van der Waals surface area contributed by atoms with Crippen LogP contribution in [0.1, 0.15) is 20.7 Å². The van der Waals surface area contributed by atoms with Crippen LogP contribution >= 0.6 is 0 Å². The van der Waals surface area contributed by atoms with Crippen molar-refractivity contribution in [2.75, 3.05) is 0 Å². The monoisotopic (exact) mass is 234 g/mol. The van der Waals surface area contributed by atoms with Crippen molar-refractivity contribution in [3.05, 3.63) is 35.4 Å². The van der Waals surface area contributed by atoms with Gasteiger partial charge in [0.2, 0.25) is 0 Å². The Kier molecular flexibility index (Phi) is 5.68. The van der Waals surface area contributed by atoms with E-state index in [-0.39, 0.29) is 11.1 Å². The number of benzene rings is 1. The maximum absolute atomic E-state index is 10.5. The van der Waals surface area contributed by atoms with Crippen molar-refractivity contribution in [2.45, 2.75) is 0 Å². The second kappa shape index (κ2) is 6.49. The number of aromatic carboxylic acids is 2. The summed E-state index contributed by atoms with van der Waals surface area (Å²) in [6.45, 7) is 0. The lowest BCUT2D eigenvalue weighted by molar-refractivity contribution is 0.0651. The Morgan fingerprint density at radius 3 is 1.38 bits per heavy atom. The van der Waals surface area contributed by atoms with Crippen LogP contribution in [-0.2, 0) is 0 Å². The topological polar surface area (TPSA) is 74.6 Å². The fourth-order valence-electron chi connectivity index (χ4n) is 0.856. The van der Waals surface area contributed by atoms with E-state index in [0.29, 0.717) is 0 Å². The number of hydrogen-bond donors (Lipinski definition) is 2. The van der Waals surface area contributed by atoms with Crippen LogP contribution in [0.5, 0.6) is 0 Å². The van der Waals surface area contributed by atoms with Crippen LogP contribution in [0.15, 0.2) is 24.3 Å². The van der Waals surface area contributed by atoms with Crippen molar-refractivity contribution in [3.8, 4) is 0 Å². The van der Waals surface area contributed by atoms with E-state index in [1.165, 1.54) is 24.3 Å². The number of carbonyl (C=O) groups is 2. The molecule has 0 fully saturated rings. The number of hydrogen-bond acceptors (Lipinski definition) is 2. The van der Waals surface area contributed by atoms with E-state index in [1.807, 2.05) is 0 Å². The van der Waals surface area contributed by atoms with Gasteiger partial charge in [0.1, 0.15) is 0 Å². The molecule has 0 heterocycles. The highest BCUT2D eigenvalue weighted by atomic mass is 19.4. The van der Waals surface area contributed by atoms with E-state index in [9.17, 15) is 22.5 Å². The summed E-state index contributed by atoms with van der Waals surface area (Å²) in [6, 6.07) is 5.48. The minimum atomic E-state index is -3.67. The lowest BCUT2D eigenvalue weighted by Gasteiger charge is -1.98. The van der Waals surface area contributed by atoms with Gasteiger partial charge in [0.25, 0.3) is 0 Å². The third-order valence-electron chi connectivity index (χ3n) is 1.39. The summed E-state index contributed by atoms with van der Waals surface area (Å²) in [7, 11) is -3.67. The van der Waals surface area contributed by atoms with Crippen LogP contribution in [0.25, 0.3) is 0 Å². The lowest BCUT2D eigenvalue weighted by Crippen LogP contribution is -2.06. The summed E-state index contributed by atoms with van der Waals surface area (Å²) in [5.41, 5.74) is -0.380. The lowest BCUT2D eigenvalue weighted by atomic mass is 10.1. The van der Waals surface area contributed by atoms with Crippen LogP contribution in [-0.4, -0.2) is 29.7 Å². The van der Waals surface area contributed by atoms with E-state index in [2.05, 4.69) is 0 Å². The van der Waals surface area contributed by atoms with Gasteiger partial charge in [0.15, 0.2) is 0 Å². The van der Waals surface area contributed by atoms with Crippen molar-refractivity contribution in [2.24, 2.45) is 0 Å². The third kappa shape index (κ3) is 5.04. The largest absolute Gasteiger partial charge is 0.762 e. The second-order valence-corrected chi connectivity index (χ2v) is 2.40.